The Morgan fingerprint density at radius 1 is 1.41 bits per heavy atom. The van der Waals surface area contributed by atoms with Crippen molar-refractivity contribution < 1.29 is 15.0 Å². The number of aryl methyl sites for hydroxylation is 1. The van der Waals surface area contributed by atoms with E-state index in [-0.39, 0.29) is 6.42 Å². The number of aliphatic hydroxyl groups is 1. The monoisotopic (exact) mass is 233 g/mol. The van der Waals surface area contributed by atoms with Crippen LogP contribution in [0.4, 0.5) is 0 Å². The van der Waals surface area contributed by atoms with Gasteiger partial charge >= 0.3 is 5.97 Å². The standard InChI is InChI=1S/C13H15NO3/c1-13(17,12(15)16)8-9-3-4-11-10(7-9)5-6-14(11)2/h3-7,17H,8H2,1-2H3,(H,15,16). The zero-order valence-electron chi connectivity index (χ0n) is 9.84. The van der Waals surface area contributed by atoms with E-state index in [0.29, 0.717) is 0 Å². The fourth-order valence-corrected chi connectivity index (χ4v) is 1.91. The SMILES string of the molecule is Cn1ccc2cc(CC(C)(O)C(=O)O)ccc21. The van der Waals surface area contributed by atoms with Crippen LogP contribution in [0, 0.1) is 0 Å². The first-order chi connectivity index (χ1) is 7.90. The maximum atomic E-state index is 10.8. The molecule has 0 saturated carbocycles. The largest absolute Gasteiger partial charge is 0.479 e. The Morgan fingerprint density at radius 3 is 2.76 bits per heavy atom. The van der Waals surface area contributed by atoms with E-state index in [2.05, 4.69) is 0 Å². The molecule has 0 bridgehead atoms. The first-order valence-electron chi connectivity index (χ1n) is 5.40. The molecule has 1 atom stereocenters. The number of carboxylic acid groups (broad SMARTS) is 1. The number of carboxylic acids is 1. The van der Waals surface area contributed by atoms with Gasteiger partial charge in [0.1, 0.15) is 0 Å². The summed E-state index contributed by atoms with van der Waals surface area (Å²) in [5, 5.41) is 19.6. The fraction of sp³-hybridized carbons (Fsp3) is 0.308. The van der Waals surface area contributed by atoms with Crippen molar-refractivity contribution in [2.75, 3.05) is 0 Å². The zero-order chi connectivity index (χ0) is 12.6. The Morgan fingerprint density at radius 2 is 2.12 bits per heavy atom. The van der Waals surface area contributed by atoms with Crippen LogP contribution in [-0.2, 0) is 18.3 Å². The molecule has 0 radical (unpaired) electrons. The van der Waals surface area contributed by atoms with Gasteiger partial charge < -0.3 is 14.8 Å². The Kier molecular flexibility index (Phi) is 2.67. The van der Waals surface area contributed by atoms with E-state index in [1.54, 1.807) is 0 Å². The van der Waals surface area contributed by atoms with Crippen molar-refractivity contribution in [2.24, 2.45) is 7.05 Å². The van der Waals surface area contributed by atoms with Crippen molar-refractivity contribution in [3.05, 3.63) is 36.0 Å². The molecule has 2 rings (SSSR count). The van der Waals surface area contributed by atoms with E-state index in [4.69, 9.17) is 5.11 Å². The topological polar surface area (TPSA) is 62.5 Å². The minimum absolute atomic E-state index is 0.104. The van der Waals surface area contributed by atoms with Gasteiger partial charge in [0.05, 0.1) is 0 Å². The third-order valence-corrected chi connectivity index (χ3v) is 2.96. The van der Waals surface area contributed by atoms with E-state index >= 15 is 0 Å². The normalized spacial score (nSPS) is 14.8. The highest BCUT2D eigenvalue weighted by atomic mass is 16.4. The van der Waals surface area contributed by atoms with Gasteiger partial charge in [0, 0.05) is 25.2 Å². The second-order valence-corrected chi connectivity index (χ2v) is 4.58. The van der Waals surface area contributed by atoms with Crippen molar-refractivity contribution in [3.8, 4) is 0 Å². The Bertz CT molecular complexity index is 569. The van der Waals surface area contributed by atoms with Crippen molar-refractivity contribution in [1.29, 1.82) is 0 Å². The minimum atomic E-state index is -1.72. The lowest BCUT2D eigenvalue weighted by atomic mass is 9.96. The van der Waals surface area contributed by atoms with Gasteiger partial charge in [-0.25, -0.2) is 4.79 Å². The summed E-state index contributed by atoms with van der Waals surface area (Å²) in [7, 11) is 1.95. The summed E-state index contributed by atoms with van der Waals surface area (Å²) in [6, 6.07) is 7.66. The number of nitrogens with zero attached hydrogens (tertiary/aromatic N) is 1. The van der Waals surface area contributed by atoms with Gasteiger partial charge in [-0.1, -0.05) is 6.07 Å². The van der Waals surface area contributed by atoms with Crippen LogP contribution in [0.5, 0.6) is 0 Å². The molecule has 4 nitrogen and oxygen atoms in total. The molecule has 0 fully saturated rings. The highest BCUT2D eigenvalue weighted by Gasteiger charge is 2.29. The van der Waals surface area contributed by atoms with E-state index < -0.39 is 11.6 Å². The van der Waals surface area contributed by atoms with E-state index in [9.17, 15) is 9.90 Å². The number of hydrogen-bond donors (Lipinski definition) is 2. The van der Waals surface area contributed by atoms with E-state index in [0.717, 1.165) is 16.5 Å². The Balaban J connectivity index is 2.34. The molecule has 2 N–H and O–H groups in total. The van der Waals surface area contributed by atoms with Gasteiger partial charge in [-0.15, -0.1) is 0 Å². The zero-order valence-corrected chi connectivity index (χ0v) is 9.84. The average molecular weight is 233 g/mol. The van der Waals surface area contributed by atoms with Gasteiger partial charge in [0.25, 0.3) is 0 Å². The molecule has 0 aliphatic rings. The van der Waals surface area contributed by atoms with Crippen molar-refractivity contribution in [2.45, 2.75) is 18.9 Å². The predicted octanol–water partition coefficient (Wildman–Crippen LogP) is 1.56. The molecule has 4 heteroatoms. The molecule has 2 aromatic rings. The minimum Gasteiger partial charge on any atom is -0.479 e. The molecular formula is C13H15NO3. The highest BCUT2D eigenvalue weighted by Crippen LogP contribution is 2.20. The molecule has 1 heterocycles. The lowest BCUT2D eigenvalue weighted by Crippen LogP contribution is -2.37. The first-order valence-corrected chi connectivity index (χ1v) is 5.40. The number of hydrogen-bond acceptors (Lipinski definition) is 2. The molecule has 1 aromatic heterocycles. The van der Waals surface area contributed by atoms with Crippen LogP contribution < -0.4 is 0 Å². The summed E-state index contributed by atoms with van der Waals surface area (Å²) in [6.45, 7) is 1.31. The van der Waals surface area contributed by atoms with Crippen molar-refractivity contribution >= 4 is 16.9 Å². The predicted molar refractivity (Wildman–Crippen MR) is 64.9 cm³/mol. The highest BCUT2D eigenvalue weighted by molar-refractivity contribution is 5.81. The quantitative estimate of drug-likeness (QED) is 0.845. The molecule has 90 valence electrons. The van der Waals surface area contributed by atoms with Crippen molar-refractivity contribution in [3.63, 3.8) is 0 Å². The number of aliphatic carboxylic acids is 1. The Hall–Kier alpha value is -1.81. The molecule has 1 unspecified atom stereocenters. The van der Waals surface area contributed by atoms with E-state index in [1.807, 2.05) is 42.1 Å². The third kappa shape index (κ3) is 2.17. The lowest BCUT2D eigenvalue weighted by Gasteiger charge is -2.17. The van der Waals surface area contributed by atoms with Crippen LogP contribution in [0.15, 0.2) is 30.5 Å². The summed E-state index contributed by atoms with van der Waals surface area (Å²) in [5.74, 6) is -1.20. The summed E-state index contributed by atoms with van der Waals surface area (Å²) in [4.78, 5) is 10.8. The number of aromatic nitrogens is 1. The van der Waals surface area contributed by atoms with Gasteiger partial charge in [-0.3, -0.25) is 0 Å². The Labute approximate surface area is 99.1 Å². The van der Waals surface area contributed by atoms with E-state index in [1.165, 1.54) is 6.92 Å². The maximum Gasteiger partial charge on any atom is 0.335 e. The molecule has 17 heavy (non-hydrogen) atoms. The van der Waals surface area contributed by atoms with Crippen LogP contribution >= 0.6 is 0 Å². The maximum absolute atomic E-state index is 10.8. The second kappa shape index (κ2) is 3.89. The fourth-order valence-electron chi connectivity index (χ4n) is 1.91. The molecule has 1 aromatic carbocycles. The summed E-state index contributed by atoms with van der Waals surface area (Å²) in [5.41, 5.74) is 0.183. The van der Waals surface area contributed by atoms with Crippen molar-refractivity contribution in [1.82, 2.24) is 4.57 Å². The van der Waals surface area contributed by atoms with Crippen LogP contribution in [-0.4, -0.2) is 26.4 Å². The van der Waals surface area contributed by atoms with Gasteiger partial charge in [-0.2, -0.15) is 0 Å². The van der Waals surface area contributed by atoms with Gasteiger partial charge in [-0.05, 0) is 36.1 Å². The number of fused-ring (bicyclic) bond motifs is 1. The summed E-state index contributed by atoms with van der Waals surface area (Å²) >= 11 is 0. The smallest absolute Gasteiger partial charge is 0.335 e. The molecule has 0 spiro atoms. The molecule has 0 aliphatic carbocycles. The molecule has 0 saturated heterocycles. The number of carbonyl (C=O) groups is 1. The molecule has 0 aliphatic heterocycles. The van der Waals surface area contributed by atoms with Crippen LogP contribution in [0.3, 0.4) is 0 Å². The van der Waals surface area contributed by atoms with Crippen LogP contribution in [0.1, 0.15) is 12.5 Å². The van der Waals surface area contributed by atoms with Gasteiger partial charge in [0.2, 0.25) is 0 Å². The van der Waals surface area contributed by atoms with Crippen LogP contribution in [0.25, 0.3) is 10.9 Å². The average Bonchev–Trinajstić information content (AvgIpc) is 2.59. The molecule has 0 amide bonds. The summed E-state index contributed by atoms with van der Waals surface area (Å²) < 4.78 is 1.99. The van der Waals surface area contributed by atoms with Crippen LogP contribution in [0.2, 0.25) is 0 Å². The number of rotatable bonds is 3. The van der Waals surface area contributed by atoms with Gasteiger partial charge in [0.15, 0.2) is 5.60 Å². The third-order valence-electron chi connectivity index (χ3n) is 2.96. The first kappa shape index (κ1) is 11.7. The summed E-state index contributed by atoms with van der Waals surface area (Å²) in [6.07, 6.45) is 2.05. The lowest BCUT2D eigenvalue weighted by molar-refractivity contribution is -0.156. The number of benzene rings is 1. The molecular weight excluding hydrogens is 218 g/mol. The second-order valence-electron chi connectivity index (χ2n) is 4.58.